The van der Waals surface area contributed by atoms with E-state index in [1.807, 2.05) is 12.1 Å². The third-order valence-electron chi connectivity index (χ3n) is 4.82. The van der Waals surface area contributed by atoms with E-state index in [4.69, 9.17) is 0 Å². The Kier molecular flexibility index (Phi) is 7.12. The summed E-state index contributed by atoms with van der Waals surface area (Å²) in [5.41, 5.74) is 7.03. The molecule has 2 aromatic rings. The number of aliphatic imine (C=N–C) groups is 1. The predicted molar refractivity (Wildman–Crippen MR) is 115 cm³/mol. The largest absolute Gasteiger partial charge is 0.343 e. The van der Waals surface area contributed by atoms with Crippen molar-refractivity contribution in [2.24, 2.45) is 4.99 Å². The van der Waals surface area contributed by atoms with Gasteiger partial charge in [-0.3, -0.25) is 4.99 Å². The Balaban J connectivity index is 2.53. The Labute approximate surface area is 162 Å². The Hall–Kier alpha value is -2.68. The van der Waals surface area contributed by atoms with E-state index in [1.54, 1.807) is 6.92 Å². The standard InChI is InChI=1S/C24H29FN2/c1-7-20-10-9-17(3)24(14-20)27(16-22(8-2)19(5)26-6)15-21-11-12-23(25)18(4)13-21/h9-14,16H,5-8,15H2,1-4H3/b22-16-. The summed E-state index contributed by atoms with van der Waals surface area (Å²) in [5, 5.41) is 0. The van der Waals surface area contributed by atoms with Crippen LogP contribution in [0.25, 0.3) is 0 Å². The van der Waals surface area contributed by atoms with E-state index in [9.17, 15) is 4.39 Å². The van der Waals surface area contributed by atoms with E-state index < -0.39 is 0 Å². The minimum Gasteiger partial charge on any atom is -0.343 e. The molecule has 0 saturated carbocycles. The number of halogens is 1. The summed E-state index contributed by atoms with van der Waals surface area (Å²) in [6.07, 6.45) is 3.88. The molecule has 0 aliphatic carbocycles. The first-order valence-corrected chi connectivity index (χ1v) is 9.37. The number of rotatable bonds is 8. The van der Waals surface area contributed by atoms with Crippen LogP contribution < -0.4 is 4.90 Å². The lowest BCUT2D eigenvalue weighted by Gasteiger charge is -2.25. The lowest BCUT2D eigenvalue weighted by atomic mass is 10.0. The zero-order valence-corrected chi connectivity index (χ0v) is 16.8. The molecule has 0 fully saturated rings. The maximum Gasteiger partial charge on any atom is 0.126 e. The fourth-order valence-corrected chi connectivity index (χ4v) is 3.05. The summed E-state index contributed by atoms with van der Waals surface area (Å²) >= 11 is 0. The van der Waals surface area contributed by atoms with Gasteiger partial charge >= 0.3 is 0 Å². The van der Waals surface area contributed by atoms with E-state index in [0.29, 0.717) is 17.8 Å². The first-order chi connectivity index (χ1) is 12.9. The average Bonchev–Trinajstić information content (AvgIpc) is 2.67. The third kappa shape index (κ3) is 5.16. The van der Waals surface area contributed by atoms with E-state index in [2.05, 4.69) is 68.4 Å². The Morgan fingerprint density at radius 3 is 2.37 bits per heavy atom. The van der Waals surface area contributed by atoms with E-state index in [0.717, 1.165) is 29.7 Å². The summed E-state index contributed by atoms with van der Waals surface area (Å²) < 4.78 is 13.7. The number of benzene rings is 2. The molecule has 0 heterocycles. The Morgan fingerprint density at radius 2 is 1.78 bits per heavy atom. The summed E-state index contributed by atoms with van der Waals surface area (Å²) in [4.78, 5) is 6.21. The summed E-state index contributed by atoms with van der Waals surface area (Å²) in [7, 11) is 0. The molecule has 3 heteroatoms. The normalized spacial score (nSPS) is 11.4. The van der Waals surface area contributed by atoms with Gasteiger partial charge in [-0.25, -0.2) is 4.39 Å². The average molecular weight is 365 g/mol. The molecule has 2 rings (SSSR count). The van der Waals surface area contributed by atoms with Crippen molar-refractivity contribution in [3.8, 4) is 0 Å². The van der Waals surface area contributed by atoms with Crippen LogP contribution in [0.15, 0.2) is 65.4 Å². The zero-order chi connectivity index (χ0) is 20.0. The molecular formula is C24H29FN2. The molecule has 0 saturated heterocycles. The minimum atomic E-state index is -0.177. The van der Waals surface area contributed by atoms with Crippen LogP contribution in [0.3, 0.4) is 0 Å². The first-order valence-electron chi connectivity index (χ1n) is 9.37. The maximum absolute atomic E-state index is 13.7. The van der Waals surface area contributed by atoms with Crippen molar-refractivity contribution in [1.29, 1.82) is 0 Å². The predicted octanol–water partition coefficient (Wildman–Crippen LogP) is 6.52. The lowest BCUT2D eigenvalue weighted by Crippen LogP contribution is -2.18. The van der Waals surface area contributed by atoms with Gasteiger partial charge in [0, 0.05) is 18.4 Å². The second kappa shape index (κ2) is 9.31. The number of hydrogen-bond acceptors (Lipinski definition) is 2. The summed E-state index contributed by atoms with van der Waals surface area (Å²) in [5.74, 6) is -0.177. The van der Waals surface area contributed by atoms with Crippen LogP contribution in [0.1, 0.15) is 42.5 Å². The molecule has 0 unspecified atom stereocenters. The highest BCUT2D eigenvalue weighted by atomic mass is 19.1. The van der Waals surface area contributed by atoms with Gasteiger partial charge < -0.3 is 4.90 Å². The van der Waals surface area contributed by atoms with E-state index >= 15 is 0 Å². The fourth-order valence-electron chi connectivity index (χ4n) is 3.05. The molecule has 142 valence electrons. The lowest BCUT2D eigenvalue weighted by molar-refractivity contribution is 0.617. The second-order valence-corrected chi connectivity index (χ2v) is 6.80. The number of aryl methyl sites for hydroxylation is 3. The molecule has 0 bridgehead atoms. The van der Waals surface area contributed by atoms with Gasteiger partial charge in [-0.15, -0.1) is 0 Å². The minimum absolute atomic E-state index is 0.177. The first kappa shape index (κ1) is 20.6. The van der Waals surface area contributed by atoms with E-state index in [-0.39, 0.29) is 5.82 Å². The molecule has 27 heavy (non-hydrogen) atoms. The van der Waals surface area contributed by atoms with Gasteiger partial charge in [0.05, 0.1) is 5.70 Å². The quantitative estimate of drug-likeness (QED) is 0.384. The Morgan fingerprint density at radius 1 is 1.07 bits per heavy atom. The molecule has 0 atom stereocenters. The number of anilines is 1. The number of hydrogen-bond donors (Lipinski definition) is 0. The van der Waals surface area contributed by atoms with Crippen LogP contribution in [0.2, 0.25) is 0 Å². The van der Waals surface area contributed by atoms with E-state index in [1.165, 1.54) is 17.2 Å². The fraction of sp³-hybridized carbons (Fsp3) is 0.292. The molecule has 0 spiro atoms. The third-order valence-corrected chi connectivity index (χ3v) is 4.82. The zero-order valence-electron chi connectivity index (χ0n) is 16.8. The van der Waals surface area contributed by atoms with Crippen molar-refractivity contribution in [1.82, 2.24) is 0 Å². The topological polar surface area (TPSA) is 15.6 Å². The van der Waals surface area contributed by atoms with Crippen LogP contribution in [0.5, 0.6) is 0 Å². The van der Waals surface area contributed by atoms with Crippen LogP contribution in [-0.4, -0.2) is 6.72 Å². The molecule has 0 radical (unpaired) electrons. The van der Waals surface area contributed by atoms with Crippen molar-refractivity contribution in [2.45, 2.75) is 47.1 Å². The van der Waals surface area contributed by atoms with Gasteiger partial charge in [-0.1, -0.05) is 44.7 Å². The smallest absolute Gasteiger partial charge is 0.126 e. The van der Waals surface area contributed by atoms with Gasteiger partial charge in [0.1, 0.15) is 5.82 Å². The molecule has 0 aromatic heterocycles. The number of allylic oxidation sites excluding steroid dienone is 1. The van der Waals surface area contributed by atoms with Crippen molar-refractivity contribution in [3.63, 3.8) is 0 Å². The molecule has 0 aliphatic heterocycles. The van der Waals surface area contributed by atoms with Gasteiger partial charge in [-0.2, -0.15) is 0 Å². The van der Waals surface area contributed by atoms with Crippen molar-refractivity contribution >= 4 is 12.4 Å². The highest BCUT2D eigenvalue weighted by Crippen LogP contribution is 2.27. The monoisotopic (exact) mass is 364 g/mol. The SMILES string of the molecule is C=NC(=C)/C(=C\N(Cc1ccc(F)c(C)c1)c1cc(CC)ccc1C)CC. The maximum atomic E-state index is 13.7. The highest BCUT2D eigenvalue weighted by molar-refractivity contribution is 5.58. The summed E-state index contributed by atoms with van der Waals surface area (Å²) in [6.45, 7) is 16.4. The molecule has 0 amide bonds. The van der Waals surface area contributed by atoms with Crippen LogP contribution in [0, 0.1) is 19.7 Å². The van der Waals surface area contributed by atoms with Crippen LogP contribution in [0.4, 0.5) is 10.1 Å². The Bertz CT molecular complexity index is 865. The van der Waals surface area contributed by atoms with Crippen LogP contribution >= 0.6 is 0 Å². The van der Waals surface area contributed by atoms with Gasteiger partial charge in [-0.05, 0) is 73.4 Å². The second-order valence-electron chi connectivity index (χ2n) is 6.80. The highest BCUT2D eigenvalue weighted by Gasteiger charge is 2.12. The van der Waals surface area contributed by atoms with Gasteiger partial charge in [0.25, 0.3) is 0 Å². The van der Waals surface area contributed by atoms with Gasteiger partial charge in [0.2, 0.25) is 0 Å². The summed E-state index contributed by atoms with van der Waals surface area (Å²) in [6, 6.07) is 11.8. The molecule has 2 aromatic carbocycles. The van der Waals surface area contributed by atoms with Crippen molar-refractivity contribution in [3.05, 3.63) is 88.5 Å². The van der Waals surface area contributed by atoms with Gasteiger partial charge in [0.15, 0.2) is 0 Å². The molecule has 0 N–H and O–H groups in total. The van der Waals surface area contributed by atoms with Crippen LogP contribution in [-0.2, 0) is 13.0 Å². The molecular weight excluding hydrogens is 335 g/mol. The molecule has 0 aliphatic rings. The van der Waals surface area contributed by atoms with Crippen molar-refractivity contribution < 1.29 is 4.39 Å². The van der Waals surface area contributed by atoms with Crippen molar-refractivity contribution in [2.75, 3.05) is 4.90 Å². The number of nitrogens with zero attached hydrogens (tertiary/aromatic N) is 2. The molecule has 2 nitrogen and oxygen atoms in total.